The van der Waals surface area contributed by atoms with Gasteiger partial charge < -0.3 is 15.4 Å². The predicted octanol–water partition coefficient (Wildman–Crippen LogP) is 2.08. The third-order valence-electron chi connectivity index (χ3n) is 4.34. The summed E-state index contributed by atoms with van der Waals surface area (Å²) < 4.78 is 44.8. The molecule has 0 radical (unpaired) electrons. The first kappa shape index (κ1) is 16.6. The van der Waals surface area contributed by atoms with Crippen molar-refractivity contribution in [2.24, 2.45) is 0 Å². The van der Waals surface area contributed by atoms with Gasteiger partial charge in [-0.15, -0.1) is 0 Å². The number of anilines is 2. The van der Waals surface area contributed by atoms with Crippen LogP contribution in [0.25, 0.3) is 5.52 Å². The van der Waals surface area contributed by atoms with Crippen LogP contribution >= 0.6 is 0 Å². The SMILES string of the molecule is Nc1ccc(Oc2cc(N3CCS(=O)(=O)CC3)cn3nccc23)c(F)c1. The lowest BCUT2D eigenvalue weighted by atomic mass is 10.2. The van der Waals surface area contributed by atoms with Gasteiger partial charge in [0.2, 0.25) is 0 Å². The maximum Gasteiger partial charge on any atom is 0.167 e. The lowest BCUT2D eigenvalue weighted by Gasteiger charge is -2.29. The van der Waals surface area contributed by atoms with Crippen LogP contribution in [0.1, 0.15) is 0 Å². The number of nitrogen functional groups attached to an aromatic ring is 1. The van der Waals surface area contributed by atoms with Gasteiger partial charge in [0.15, 0.2) is 27.2 Å². The van der Waals surface area contributed by atoms with E-state index in [4.69, 9.17) is 10.5 Å². The zero-order valence-electron chi connectivity index (χ0n) is 13.8. The summed E-state index contributed by atoms with van der Waals surface area (Å²) >= 11 is 0. The van der Waals surface area contributed by atoms with E-state index in [0.717, 1.165) is 5.69 Å². The molecule has 7 nitrogen and oxygen atoms in total. The van der Waals surface area contributed by atoms with Crippen LogP contribution in [0.3, 0.4) is 0 Å². The van der Waals surface area contributed by atoms with Crippen LogP contribution in [-0.4, -0.2) is 42.6 Å². The average Bonchev–Trinajstić information content (AvgIpc) is 3.06. The van der Waals surface area contributed by atoms with Gasteiger partial charge in [0.25, 0.3) is 0 Å². The number of benzene rings is 1. The van der Waals surface area contributed by atoms with Crippen LogP contribution < -0.4 is 15.4 Å². The van der Waals surface area contributed by atoms with Crippen molar-refractivity contribution in [2.45, 2.75) is 0 Å². The summed E-state index contributed by atoms with van der Waals surface area (Å²) in [6.45, 7) is 0.787. The van der Waals surface area contributed by atoms with Gasteiger partial charge in [-0.25, -0.2) is 17.3 Å². The number of rotatable bonds is 3. The summed E-state index contributed by atoms with van der Waals surface area (Å²) in [7, 11) is -2.98. The molecule has 26 heavy (non-hydrogen) atoms. The largest absolute Gasteiger partial charge is 0.452 e. The molecule has 9 heteroatoms. The number of fused-ring (bicyclic) bond motifs is 1. The number of sulfone groups is 1. The fourth-order valence-electron chi connectivity index (χ4n) is 2.93. The molecule has 136 valence electrons. The molecule has 1 fully saturated rings. The lowest BCUT2D eigenvalue weighted by Crippen LogP contribution is -2.40. The van der Waals surface area contributed by atoms with Crippen LogP contribution in [0.5, 0.6) is 11.5 Å². The first-order chi connectivity index (χ1) is 12.4. The van der Waals surface area contributed by atoms with E-state index in [-0.39, 0.29) is 17.3 Å². The van der Waals surface area contributed by atoms with Gasteiger partial charge in [-0.2, -0.15) is 5.10 Å². The van der Waals surface area contributed by atoms with Gasteiger partial charge in [0.1, 0.15) is 5.52 Å². The molecule has 0 bridgehead atoms. The van der Waals surface area contributed by atoms with Crippen LogP contribution in [0.4, 0.5) is 15.8 Å². The smallest absolute Gasteiger partial charge is 0.167 e. The molecular weight excluding hydrogens is 359 g/mol. The third kappa shape index (κ3) is 3.17. The van der Waals surface area contributed by atoms with Crippen LogP contribution in [0.15, 0.2) is 42.7 Å². The minimum Gasteiger partial charge on any atom is -0.452 e. The van der Waals surface area contributed by atoms with Crippen molar-refractivity contribution in [3.8, 4) is 11.5 Å². The van der Waals surface area contributed by atoms with Gasteiger partial charge in [0.05, 0.1) is 29.6 Å². The third-order valence-corrected chi connectivity index (χ3v) is 5.95. The normalized spacial score (nSPS) is 16.7. The maximum absolute atomic E-state index is 14.1. The molecule has 1 saturated heterocycles. The van der Waals surface area contributed by atoms with E-state index in [2.05, 4.69) is 5.10 Å². The van der Waals surface area contributed by atoms with Gasteiger partial charge >= 0.3 is 0 Å². The molecule has 0 unspecified atom stereocenters. The molecule has 2 aromatic heterocycles. The number of hydrogen-bond donors (Lipinski definition) is 1. The van der Waals surface area contributed by atoms with Gasteiger partial charge in [-0.1, -0.05) is 0 Å². The van der Waals surface area contributed by atoms with Crippen molar-refractivity contribution >= 4 is 26.7 Å². The monoisotopic (exact) mass is 376 g/mol. The Balaban J connectivity index is 1.71. The summed E-state index contributed by atoms with van der Waals surface area (Å²) in [5, 5.41) is 4.22. The van der Waals surface area contributed by atoms with E-state index >= 15 is 0 Å². The second-order valence-corrected chi connectivity index (χ2v) is 8.46. The van der Waals surface area contributed by atoms with Crippen LogP contribution in [0, 0.1) is 5.82 Å². The quantitative estimate of drug-likeness (QED) is 0.704. The molecule has 0 amide bonds. The number of hydrogen-bond acceptors (Lipinski definition) is 6. The first-order valence-electron chi connectivity index (χ1n) is 8.07. The highest BCUT2D eigenvalue weighted by molar-refractivity contribution is 7.91. The standard InChI is InChI=1S/C17H17FN4O3S/c18-14-9-12(19)1-2-16(14)25-17-10-13(11-22-15(17)3-4-20-22)21-5-7-26(23,24)8-6-21/h1-4,9-11H,5-8,19H2. The zero-order chi connectivity index (χ0) is 18.3. The van der Waals surface area contributed by atoms with E-state index in [1.165, 1.54) is 12.1 Å². The average molecular weight is 376 g/mol. The molecule has 3 aromatic rings. The summed E-state index contributed by atoms with van der Waals surface area (Å²) in [6, 6.07) is 7.75. The molecule has 1 aromatic carbocycles. The summed E-state index contributed by atoms with van der Waals surface area (Å²) in [5.74, 6) is 0.134. The molecule has 0 atom stereocenters. The van der Waals surface area contributed by atoms with E-state index in [0.29, 0.717) is 30.0 Å². The molecule has 1 aliphatic rings. The number of halogens is 1. The molecule has 4 rings (SSSR count). The minimum atomic E-state index is -2.98. The van der Waals surface area contributed by atoms with Crippen molar-refractivity contribution < 1.29 is 17.5 Å². The summed E-state index contributed by atoms with van der Waals surface area (Å²) in [6.07, 6.45) is 3.42. The van der Waals surface area contributed by atoms with Crippen molar-refractivity contribution in [1.82, 2.24) is 9.61 Å². The number of nitrogens with two attached hydrogens (primary N) is 1. The van der Waals surface area contributed by atoms with Crippen LogP contribution in [0.2, 0.25) is 0 Å². The molecule has 0 aliphatic carbocycles. The Morgan fingerprint density at radius 2 is 1.88 bits per heavy atom. The van der Waals surface area contributed by atoms with Crippen molar-refractivity contribution in [3.05, 3.63) is 48.5 Å². The zero-order valence-corrected chi connectivity index (χ0v) is 14.6. The highest BCUT2D eigenvalue weighted by atomic mass is 32.2. The van der Waals surface area contributed by atoms with E-state index in [9.17, 15) is 12.8 Å². The predicted molar refractivity (Wildman–Crippen MR) is 96.9 cm³/mol. The second kappa shape index (κ2) is 6.17. The highest BCUT2D eigenvalue weighted by Gasteiger charge is 2.23. The lowest BCUT2D eigenvalue weighted by molar-refractivity contribution is 0.444. The Bertz CT molecular complexity index is 1070. The molecular formula is C17H17FN4O3S. The Morgan fingerprint density at radius 3 is 2.62 bits per heavy atom. The Morgan fingerprint density at radius 1 is 1.12 bits per heavy atom. The highest BCUT2D eigenvalue weighted by Crippen LogP contribution is 2.32. The molecule has 1 aliphatic heterocycles. The van der Waals surface area contributed by atoms with E-state index < -0.39 is 15.7 Å². The Kier molecular flexibility index (Phi) is 3.95. The second-order valence-electron chi connectivity index (χ2n) is 6.15. The number of aromatic nitrogens is 2. The number of nitrogens with zero attached hydrogens (tertiary/aromatic N) is 3. The van der Waals surface area contributed by atoms with Gasteiger partial charge in [-0.05, 0) is 18.2 Å². The minimum absolute atomic E-state index is 0.0562. The summed E-state index contributed by atoms with van der Waals surface area (Å²) in [5.41, 5.74) is 7.33. The topological polar surface area (TPSA) is 89.9 Å². The maximum atomic E-state index is 14.1. The molecule has 0 spiro atoms. The van der Waals surface area contributed by atoms with Crippen LogP contribution in [-0.2, 0) is 9.84 Å². The summed E-state index contributed by atoms with van der Waals surface area (Å²) in [4.78, 5) is 1.95. The molecule has 2 N–H and O–H groups in total. The van der Waals surface area contributed by atoms with Gasteiger partial charge in [-0.3, -0.25) is 0 Å². The Hall–Kier alpha value is -2.81. The van der Waals surface area contributed by atoms with Crippen molar-refractivity contribution in [3.63, 3.8) is 0 Å². The molecule has 3 heterocycles. The van der Waals surface area contributed by atoms with Crippen molar-refractivity contribution in [1.29, 1.82) is 0 Å². The van der Waals surface area contributed by atoms with Crippen molar-refractivity contribution in [2.75, 3.05) is 35.2 Å². The van der Waals surface area contributed by atoms with E-state index in [1.54, 1.807) is 35.1 Å². The van der Waals surface area contributed by atoms with E-state index in [1.807, 2.05) is 4.90 Å². The first-order valence-corrected chi connectivity index (χ1v) is 9.89. The fraction of sp³-hybridized carbons (Fsp3) is 0.235. The fourth-order valence-corrected chi connectivity index (χ4v) is 4.13. The number of ether oxygens (including phenoxy) is 1. The van der Waals surface area contributed by atoms with Gasteiger partial charge in [0, 0.05) is 30.9 Å². The Labute approximate surface area is 149 Å². The number of pyridine rings is 1. The molecule has 0 saturated carbocycles.